The van der Waals surface area contributed by atoms with Crippen molar-refractivity contribution in [2.75, 3.05) is 19.3 Å². The molecule has 0 bridgehead atoms. The first-order valence-electron chi connectivity index (χ1n) is 12.5. The number of carbonyl (C=O) groups is 5. The smallest absolute Gasteiger partial charge is 0.407 e. The number of hydrogen-bond donors (Lipinski definition) is 6. The fourth-order valence-corrected chi connectivity index (χ4v) is 3.87. The van der Waals surface area contributed by atoms with Crippen molar-refractivity contribution in [3.8, 4) is 5.75 Å². The van der Waals surface area contributed by atoms with Crippen molar-refractivity contribution in [3.05, 3.63) is 77.2 Å². The number of carboxylic acids is 1. The Morgan fingerprint density at radius 3 is 2.12 bits per heavy atom. The monoisotopic (exact) mass is 604 g/mol. The molecule has 2 atom stereocenters. The Kier molecular flexibility index (Phi) is 13.0. The number of rotatable bonds is 15. The summed E-state index contributed by atoms with van der Waals surface area (Å²) in [6.45, 7) is -1.15. The van der Waals surface area contributed by atoms with Gasteiger partial charge in [-0.2, -0.15) is 0 Å². The van der Waals surface area contributed by atoms with Crippen LogP contribution in [-0.2, 0) is 46.8 Å². The van der Waals surface area contributed by atoms with Crippen molar-refractivity contribution in [1.29, 1.82) is 0 Å². The summed E-state index contributed by atoms with van der Waals surface area (Å²) in [7, 11) is -3.58. The van der Waals surface area contributed by atoms with E-state index in [1.54, 1.807) is 30.3 Å². The van der Waals surface area contributed by atoms with Gasteiger partial charge in [0.1, 0.15) is 24.9 Å². The number of aliphatic carboxylic acids is 1. The molecule has 2 aromatic carbocycles. The third-order valence-electron chi connectivity index (χ3n) is 5.36. The number of phenols is 1. The number of ether oxygens (including phenoxy) is 1. The summed E-state index contributed by atoms with van der Waals surface area (Å²) >= 11 is 0. The van der Waals surface area contributed by atoms with E-state index in [0.29, 0.717) is 5.56 Å². The minimum atomic E-state index is -3.58. The van der Waals surface area contributed by atoms with Gasteiger partial charge in [-0.3, -0.25) is 19.2 Å². The van der Waals surface area contributed by atoms with E-state index in [1.807, 2.05) is 0 Å². The lowest BCUT2D eigenvalue weighted by Gasteiger charge is -2.19. The van der Waals surface area contributed by atoms with Crippen LogP contribution in [-0.4, -0.2) is 79.8 Å². The Morgan fingerprint density at radius 1 is 0.881 bits per heavy atom. The molecule has 0 aliphatic carbocycles. The highest BCUT2D eigenvalue weighted by molar-refractivity contribution is 7.93. The maximum atomic E-state index is 12.9. The molecule has 0 fully saturated rings. The minimum absolute atomic E-state index is 0.0143. The summed E-state index contributed by atoms with van der Waals surface area (Å²) in [6, 6.07) is 12.3. The van der Waals surface area contributed by atoms with Gasteiger partial charge in [-0.25, -0.2) is 13.2 Å². The molecule has 0 aromatic heterocycles. The zero-order valence-corrected chi connectivity index (χ0v) is 23.4. The SMILES string of the molecule is CS(=O)(=O)/C=C/[C@H](CC(=O)O)NC(=O)CNC(=O)[C@H](Cc1ccc(O)cc1)NC(=O)CNC(=O)OCc1ccccc1. The number of nitrogens with one attached hydrogen (secondary N) is 4. The fraction of sp³-hybridized carbons (Fsp3) is 0.296. The summed E-state index contributed by atoms with van der Waals surface area (Å²) in [4.78, 5) is 60.8. The zero-order valence-electron chi connectivity index (χ0n) is 22.6. The Hall–Kier alpha value is -4.92. The molecule has 2 aromatic rings. The normalized spacial score (nSPS) is 12.5. The van der Waals surface area contributed by atoms with Crippen LogP contribution in [0.4, 0.5) is 4.79 Å². The lowest BCUT2D eigenvalue weighted by Crippen LogP contribution is -2.52. The van der Waals surface area contributed by atoms with Gasteiger partial charge in [0.25, 0.3) is 0 Å². The van der Waals surface area contributed by atoms with Crippen LogP contribution in [0.3, 0.4) is 0 Å². The first kappa shape index (κ1) is 33.3. The van der Waals surface area contributed by atoms with Crippen LogP contribution >= 0.6 is 0 Å². The van der Waals surface area contributed by atoms with Gasteiger partial charge in [-0.1, -0.05) is 48.5 Å². The van der Waals surface area contributed by atoms with E-state index in [9.17, 15) is 37.5 Å². The van der Waals surface area contributed by atoms with Gasteiger partial charge in [0.15, 0.2) is 9.84 Å². The van der Waals surface area contributed by atoms with Crippen molar-refractivity contribution < 1.29 is 47.3 Å². The molecule has 0 heterocycles. The predicted octanol–water partition coefficient (Wildman–Crippen LogP) is -0.0201. The molecule has 15 heteroatoms. The molecule has 2 rings (SSSR count). The Balaban J connectivity index is 1.97. The highest BCUT2D eigenvalue weighted by Gasteiger charge is 2.23. The number of sulfone groups is 1. The second-order valence-corrected chi connectivity index (χ2v) is 11.0. The summed E-state index contributed by atoms with van der Waals surface area (Å²) < 4.78 is 27.7. The third-order valence-corrected chi connectivity index (χ3v) is 6.01. The lowest BCUT2D eigenvalue weighted by molar-refractivity contribution is -0.137. The number of alkyl carbamates (subject to hydrolysis) is 1. The molecule has 42 heavy (non-hydrogen) atoms. The highest BCUT2D eigenvalue weighted by Crippen LogP contribution is 2.11. The molecule has 0 spiro atoms. The largest absolute Gasteiger partial charge is 0.508 e. The summed E-state index contributed by atoms with van der Waals surface area (Å²) in [5, 5.41) is 28.7. The maximum Gasteiger partial charge on any atom is 0.407 e. The average molecular weight is 605 g/mol. The number of hydrogen-bond acceptors (Lipinski definition) is 9. The van der Waals surface area contributed by atoms with Gasteiger partial charge >= 0.3 is 12.1 Å². The number of benzene rings is 2. The maximum absolute atomic E-state index is 12.9. The molecule has 0 saturated carbocycles. The van der Waals surface area contributed by atoms with E-state index < -0.39 is 71.2 Å². The van der Waals surface area contributed by atoms with Crippen LogP contribution in [0.1, 0.15) is 17.5 Å². The number of amides is 4. The fourth-order valence-electron chi connectivity index (χ4n) is 3.39. The van der Waals surface area contributed by atoms with Gasteiger partial charge in [-0.15, -0.1) is 0 Å². The molecule has 226 valence electrons. The van der Waals surface area contributed by atoms with Crippen LogP contribution in [0.2, 0.25) is 0 Å². The first-order valence-corrected chi connectivity index (χ1v) is 14.4. The van der Waals surface area contributed by atoms with Crippen LogP contribution in [0.15, 0.2) is 66.1 Å². The van der Waals surface area contributed by atoms with Crippen molar-refractivity contribution in [1.82, 2.24) is 21.3 Å². The van der Waals surface area contributed by atoms with Gasteiger partial charge in [0.2, 0.25) is 17.7 Å². The van der Waals surface area contributed by atoms with Gasteiger partial charge < -0.3 is 36.2 Å². The van der Waals surface area contributed by atoms with E-state index >= 15 is 0 Å². The van der Waals surface area contributed by atoms with Crippen LogP contribution in [0.5, 0.6) is 5.75 Å². The first-order chi connectivity index (χ1) is 19.8. The molecule has 6 N–H and O–H groups in total. The van der Waals surface area contributed by atoms with E-state index in [-0.39, 0.29) is 18.8 Å². The van der Waals surface area contributed by atoms with E-state index in [0.717, 1.165) is 23.3 Å². The van der Waals surface area contributed by atoms with Crippen molar-refractivity contribution in [2.45, 2.75) is 31.5 Å². The third kappa shape index (κ3) is 13.9. The number of carboxylic acid groups (broad SMARTS) is 1. The second-order valence-electron chi connectivity index (χ2n) is 9.05. The summed E-state index contributed by atoms with van der Waals surface area (Å²) in [6.07, 6.45) is 0.401. The molecule has 0 unspecified atom stereocenters. The van der Waals surface area contributed by atoms with Crippen LogP contribution < -0.4 is 21.3 Å². The van der Waals surface area contributed by atoms with Crippen molar-refractivity contribution >= 4 is 39.6 Å². The molecular weight excluding hydrogens is 572 g/mol. The zero-order chi connectivity index (χ0) is 31.1. The molecule has 14 nitrogen and oxygen atoms in total. The van der Waals surface area contributed by atoms with Crippen LogP contribution in [0.25, 0.3) is 0 Å². The molecular formula is C27H32N4O10S. The van der Waals surface area contributed by atoms with Crippen molar-refractivity contribution in [2.24, 2.45) is 0 Å². The topological polar surface area (TPSA) is 217 Å². The van der Waals surface area contributed by atoms with Gasteiger partial charge in [-0.05, 0) is 23.3 Å². The number of phenolic OH excluding ortho intramolecular Hbond substituents is 1. The Bertz CT molecular complexity index is 1380. The summed E-state index contributed by atoms with van der Waals surface area (Å²) in [5.74, 6) is -3.64. The minimum Gasteiger partial charge on any atom is -0.508 e. The standard InChI is InChI=1S/C27H32N4O10S/c1-42(39,40)12-11-20(14-25(35)36)30-23(33)15-28-26(37)22(13-18-7-9-21(32)10-8-18)31-24(34)16-29-27(38)41-17-19-5-3-2-4-6-19/h2-12,20,22,32H,13-17H2,1H3,(H,28,37)(H,29,38)(H,30,33)(H,31,34)(H,35,36)/b12-11+/t20-,22+/m1/s1. The second kappa shape index (κ2) is 16.4. The van der Waals surface area contributed by atoms with Crippen molar-refractivity contribution in [3.63, 3.8) is 0 Å². The molecule has 0 saturated heterocycles. The number of carbonyl (C=O) groups excluding carboxylic acids is 4. The molecule has 0 aliphatic heterocycles. The van der Waals surface area contributed by atoms with E-state index in [4.69, 9.17) is 9.84 Å². The highest BCUT2D eigenvalue weighted by atomic mass is 32.2. The Labute approximate surface area is 242 Å². The molecule has 4 amide bonds. The predicted molar refractivity (Wildman–Crippen MR) is 150 cm³/mol. The number of aromatic hydroxyl groups is 1. The van der Waals surface area contributed by atoms with Gasteiger partial charge in [0, 0.05) is 18.1 Å². The molecule has 0 radical (unpaired) electrons. The van der Waals surface area contributed by atoms with Crippen LogP contribution in [0, 0.1) is 0 Å². The lowest BCUT2D eigenvalue weighted by atomic mass is 10.0. The molecule has 0 aliphatic rings. The van der Waals surface area contributed by atoms with E-state index in [2.05, 4.69) is 21.3 Å². The average Bonchev–Trinajstić information content (AvgIpc) is 2.93. The quantitative estimate of drug-likeness (QED) is 0.160. The Morgan fingerprint density at radius 2 is 1.50 bits per heavy atom. The van der Waals surface area contributed by atoms with Gasteiger partial charge in [0.05, 0.1) is 19.0 Å². The summed E-state index contributed by atoms with van der Waals surface area (Å²) in [5.41, 5.74) is 1.30. The van der Waals surface area contributed by atoms with E-state index in [1.165, 1.54) is 24.3 Å².